The summed E-state index contributed by atoms with van der Waals surface area (Å²) in [5.74, 6) is -0.650. The third-order valence-electron chi connectivity index (χ3n) is 9.85. The highest BCUT2D eigenvalue weighted by atomic mass is 16.5. The first-order chi connectivity index (χ1) is 18.9. The van der Waals surface area contributed by atoms with E-state index < -0.39 is 29.6 Å². The summed E-state index contributed by atoms with van der Waals surface area (Å²) in [6.45, 7) is 4.60. The number of hydrogen-bond donors (Lipinski definition) is 1. The summed E-state index contributed by atoms with van der Waals surface area (Å²) in [5.41, 5.74) is -0.462. The average Bonchev–Trinajstić information content (AvgIpc) is 3.70. The van der Waals surface area contributed by atoms with Gasteiger partial charge in [-0.3, -0.25) is 19.3 Å². The van der Waals surface area contributed by atoms with Crippen LogP contribution in [0.5, 0.6) is 5.75 Å². The maximum Gasteiger partial charge on any atom is 0.231 e. The summed E-state index contributed by atoms with van der Waals surface area (Å²) in [7, 11) is 1.58. The first-order valence-electron chi connectivity index (χ1n) is 14.8. The Balaban J connectivity index is 1.30. The van der Waals surface area contributed by atoms with Crippen LogP contribution in [0, 0.1) is 17.8 Å². The van der Waals surface area contributed by atoms with E-state index in [1.165, 1.54) is 6.42 Å². The van der Waals surface area contributed by atoms with E-state index in [0.29, 0.717) is 30.3 Å². The Hall–Kier alpha value is -2.71. The number of methoxy groups -OCH3 is 1. The number of fused-ring (bicyclic) bond motifs is 1. The summed E-state index contributed by atoms with van der Waals surface area (Å²) in [5, 5.41) is 2.99. The van der Waals surface area contributed by atoms with E-state index in [0.717, 1.165) is 51.6 Å². The van der Waals surface area contributed by atoms with Gasteiger partial charge in [0.1, 0.15) is 17.4 Å². The zero-order chi connectivity index (χ0) is 27.1. The fourth-order valence-corrected chi connectivity index (χ4v) is 8.00. The van der Waals surface area contributed by atoms with Crippen molar-refractivity contribution >= 4 is 23.3 Å². The number of ketones is 1. The molecular weight excluding hydrogens is 494 g/mol. The minimum atomic E-state index is -1.07. The van der Waals surface area contributed by atoms with Crippen LogP contribution in [0.25, 0.3) is 0 Å². The topological polar surface area (TPSA) is 88.2 Å². The van der Waals surface area contributed by atoms with Crippen molar-refractivity contribution in [3.05, 3.63) is 36.4 Å². The number of rotatable bonds is 9. The molecule has 1 aromatic carbocycles. The smallest absolute Gasteiger partial charge is 0.231 e. The van der Waals surface area contributed by atoms with Gasteiger partial charge >= 0.3 is 0 Å². The Morgan fingerprint density at radius 3 is 2.74 bits per heavy atom. The number of anilines is 1. The van der Waals surface area contributed by atoms with Crippen molar-refractivity contribution in [2.75, 3.05) is 32.1 Å². The van der Waals surface area contributed by atoms with Crippen molar-refractivity contribution in [2.45, 2.75) is 82.1 Å². The normalized spacial score (nSPS) is 34.1. The lowest BCUT2D eigenvalue weighted by Crippen LogP contribution is -2.53. The van der Waals surface area contributed by atoms with Crippen LogP contribution in [-0.4, -0.2) is 77.9 Å². The lowest BCUT2D eigenvalue weighted by Gasteiger charge is -2.36. The third-order valence-corrected chi connectivity index (χ3v) is 9.85. The number of hydrogen-bond acceptors (Lipinski definition) is 6. The lowest BCUT2D eigenvalue weighted by molar-refractivity contribution is -0.141. The standard InChI is InChI=1S/C31H41N3O5/c1-3-33-16-8-12-22(33)19-34-28(24(35)17-20-9-5-4-6-10-20)31-15-14-25(39-31)26(27(31)30(34)37)29(36)32-21-11-7-13-23(18-21)38-2/h7,11,13-15,18,20,22,25-28H,3-6,8-10,12,16-17,19H2,1-2H3,(H,32,36). The van der Waals surface area contributed by atoms with E-state index in [1.54, 1.807) is 19.2 Å². The number of benzene rings is 1. The molecule has 0 radical (unpaired) electrons. The van der Waals surface area contributed by atoms with Gasteiger partial charge < -0.3 is 19.7 Å². The van der Waals surface area contributed by atoms with Crippen molar-refractivity contribution < 1.29 is 23.9 Å². The van der Waals surface area contributed by atoms with Gasteiger partial charge in [-0.1, -0.05) is 57.2 Å². The third kappa shape index (κ3) is 4.59. The Bertz CT molecular complexity index is 1150. The Morgan fingerprint density at radius 2 is 1.97 bits per heavy atom. The molecular formula is C31H41N3O5. The molecule has 1 saturated carbocycles. The molecule has 6 unspecified atom stereocenters. The lowest BCUT2D eigenvalue weighted by atomic mass is 9.72. The molecule has 0 aromatic heterocycles. The highest BCUT2D eigenvalue weighted by Crippen LogP contribution is 2.56. The zero-order valence-electron chi connectivity index (χ0n) is 23.1. The summed E-state index contributed by atoms with van der Waals surface area (Å²) < 4.78 is 11.9. The minimum Gasteiger partial charge on any atom is -0.497 e. The molecule has 6 rings (SSSR count). The van der Waals surface area contributed by atoms with Gasteiger partial charge in [0.2, 0.25) is 11.8 Å². The van der Waals surface area contributed by atoms with Crippen molar-refractivity contribution in [2.24, 2.45) is 17.8 Å². The molecule has 8 nitrogen and oxygen atoms in total. The highest BCUT2D eigenvalue weighted by Gasteiger charge is 2.72. The van der Waals surface area contributed by atoms with Crippen LogP contribution >= 0.6 is 0 Å². The number of nitrogens with one attached hydrogen (secondary N) is 1. The number of amides is 2. The SMILES string of the molecule is CCN1CCCC1CN1C(=O)C2C(C(=O)Nc3cccc(OC)c3)C3C=CC2(O3)C1C(=O)CC1CCCCC1. The van der Waals surface area contributed by atoms with Crippen molar-refractivity contribution in [3.63, 3.8) is 0 Å². The number of likely N-dealkylation sites (tertiary alicyclic amines) is 2. The zero-order valence-corrected chi connectivity index (χ0v) is 23.1. The van der Waals surface area contributed by atoms with Gasteiger partial charge in [0.05, 0.1) is 25.0 Å². The molecule has 5 aliphatic rings. The Morgan fingerprint density at radius 1 is 1.15 bits per heavy atom. The summed E-state index contributed by atoms with van der Waals surface area (Å²) >= 11 is 0. The highest BCUT2D eigenvalue weighted by molar-refractivity contribution is 6.03. The molecule has 39 heavy (non-hydrogen) atoms. The van der Waals surface area contributed by atoms with Gasteiger partial charge in [-0.05, 0) is 44.0 Å². The van der Waals surface area contributed by atoms with E-state index in [2.05, 4.69) is 17.1 Å². The fraction of sp³-hybridized carbons (Fsp3) is 0.645. The largest absolute Gasteiger partial charge is 0.497 e. The van der Waals surface area contributed by atoms with E-state index in [-0.39, 0.29) is 23.6 Å². The second-order valence-corrected chi connectivity index (χ2v) is 12.0. The minimum absolute atomic E-state index is 0.0953. The summed E-state index contributed by atoms with van der Waals surface area (Å²) in [6.07, 6.45) is 11.6. The summed E-state index contributed by atoms with van der Waals surface area (Å²) in [4.78, 5) is 46.3. The molecule has 1 spiro atoms. The van der Waals surface area contributed by atoms with E-state index in [1.807, 2.05) is 29.2 Å². The molecule has 3 saturated heterocycles. The van der Waals surface area contributed by atoms with Crippen molar-refractivity contribution in [3.8, 4) is 5.75 Å². The molecule has 4 aliphatic heterocycles. The van der Waals surface area contributed by atoms with Crippen molar-refractivity contribution in [1.29, 1.82) is 0 Å². The molecule has 2 bridgehead atoms. The predicted octanol–water partition coefficient (Wildman–Crippen LogP) is 3.81. The number of carbonyl (C=O) groups excluding carboxylic acids is 3. The fourth-order valence-electron chi connectivity index (χ4n) is 8.00. The van der Waals surface area contributed by atoms with E-state index in [4.69, 9.17) is 9.47 Å². The molecule has 4 heterocycles. The van der Waals surface area contributed by atoms with Crippen molar-refractivity contribution in [1.82, 2.24) is 9.80 Å². The van der Waals surface area contributed by atoms with Crippen LogP contribution in [0.15, 0.2) is 36.4 Å². The average molecular weight is 536 g/mol. The van der Waals surface area contributed by atoms with Crippen LogP contribution in [-0.2, 0) is 19.1 Å². The first-order valence-corrected chi connectivity index (χ1v) is 14.8. The maximum atomic E-state index is 14.3. The first kappa shape index (κ1) is 26.5. The van der Waals surface area contributed by atoms with E-state index >= 15 is 0 Å². The van der Waals surface area contributed by atoms with Crippen LogP contribution in [0.3, 0.4) is 0 Å². The molecule has 1 N–H and O–H groups in total. The summed E-state index contributed by atoms with van der Waals surface area (Å²) in [6, 6.07) is 6.75. The van der Waals surface area contributed by atoms with E-state index in [9.17, 15) is 14.4 Å². The van der Waals surface area contributed by atoms with Gasteiger partial charge in [-0.25, -0.2) is 0 Å². The Labute approximate surface area is 231 Å². The molecule has 4 fully saturated rings. The van der Waals surface area contributed by atoms with Gasteiger partial charge in [-0.15, -0.1) is 0 Å². The number of Topliss-reactive ketones (excluding diaryl/α,β-unsaturated/α-hetero) is 1. The second-order valence-electron chi connectivity index (χ2n) is 12.0. The predicted molar refractivity (Wildman–Crippen MR) is 147 cm³/mol. The molecule has 210 valence electrons. The molecule has 1 aliphatic carbocycles. The molecule has 6 atom stereocenters. The number of likely N-dealkylation sites (N-methyl/N-ethyl adjacent to an activating group) is 1. The second kappa shape index (κ2) is 10.7. The monoisotopic (exact) mass is 535 g/mol. The van der Waals surface area contributed by atoms with Crippen LogP contribution in [0.4, 0.5) is 5.69 Å². The number of ether oxygens (including phenoxy) is 2. The van der Waals surface area contributed by atoms with Crippen LogP contribution < -0.4 is 10.1 Å². The molecule has 8 heteroatoms. The molecule has 2 amide bonds. The molecule has 1 aromatic rings. The van der Waals surface area contributed by atoms with Crippen LogP contribution in [0.1, 0.15) is 58.3 Å². The van der Waals surface area contributed by atoms with Gasteiger partial charge in [0.25, 0.3) is 0 Å². The number of carbonyl (C=O) groups is 3. The van der Waals surface area contributed by atoms with Gasteiger partial charge in [-0.2, -0.15) is 0 Å². The quantitative estimate of drug-likeness (QED) is 0.484. The Kier molecular flexibility index (Phi) is 7.27. The maximum absolute atomic E-state index is 14.3. The van der Waals surface area contributed by atoms with Gasteiger partial charge in [0.15, 0.2) is 5.78 Å². The van der Waals surface area contributed by atoms with Gasteiger partial charge in [0, 0.05) is 30.8 Å². The number of nitrogens with zero attached hydrogens (tertiary/aromatic N) is 2. The van der Waals surface area contributed by atoms with Crippen LogP contribution in [0.2, 0.25) is 0 Å².